The second kappa shape index (κ2) is 4.22. The Morgan fingerprint density at radius 2 is 2.00 bits per heavy atom. The summed E-state index contributed by atoms with van der Waals surface area (Å²) in [5, 5.41) is 0. The van der Waals surface area contributed by atoms with E-state index in [9.17, 15) is 9.18 Å². The van der Waals surface area contributed by atoms with Gasteiger partial charge in [0.25, 0.3) is 0 Å². The van der Waals surface area contributed by atoms with Gasteiger partial charge in [0.2, 0.25) is 0 Å². The molecule has 0 bridgehead atoms. The number of esters is 1. The lowest BCUT2D eigenvalue weighted by Crippen LogP contribution is -2.03. The molecule has 0 amide bonds. The molecule has 76 valence electrons. The fourth-order valence-electron chi connectivity index (χ4n) is 1.18. The Bertz CT molecular complexity index is 345. The first-order valence-corrected chi connectivity index (χ1v) is 4.43. The minimum atomic E-state index is -0.508. The molecule has 0 heterocycles. The van der Waals surface area contributed by atoms with Gasteiger partial charge in [-0.1, -0.05) is 13.8 Å². The molecule has 1 aromatic rings. The molecule has 1 rings (SSSR count). The van der Waals surface area contributed by atoms with E-state index >= 15 is 0 Å². The van der Waals surface area contributed by atoms with E-state index in [1.807, 2.05) is 13.8 Å². The molecule has 2 nitrogen and oxygen atoms in total. The van der Waals surface area contributed by atoms with Crippen molar-refractivity contribution in [2.45, 2.75) is 19.8 Å². The van der Waals surface area contributed by atoms with Gasteiger partial charge < -0.3 is 4.74 Å². The lowest BCUT2D eigenvalue weighted by Gasteiger charge is -2.07. The molecule has 14 heavy (non-hydrogen) atoms. The number of rotatable bonds is 2. The third kappa shape index (κ3) is 2.31. The summed E-state index contributed by atoms with van der Waals surface area (Å²) in [5.74, 6) is -0.725. The number of hydrogen-bond acceptors (Lipinski definition) is 2. The average molecular weight is 196 g/mol. The topological polar surface area (TPSA) is 26.3 Å². The maximum atomic E-state index is 13.1. The molecular weight excluding hydrogens is 183 g/mol. The molecule has 0 atom stereocenters. The summed E-state index contributed by atoms with van der Waals surface area (Å²) in [6.07, 6.45) is 0. The van der Waals surface area contributed by atoms with Gasteiger partial charge in [0, 0.05) is 0 Å². The van der Waals surface area contributed by atoms with Gasteiger partial charge in [0.1, 0.15) is 5.82 Å². The van der Waals surface area contributed by atoms with Crippen molar-refractivity contribution in [3.63, 3.8) is 0 Å². The Morgan fingerprint density at radius 1 is 1.36 bits per heavy atom. The minimum absolute atomic E-state index is 0.189. The summed E-state index contributed by atoms with van der Waals surface area (Å²) in [6.45, 7) is 3.88. The first-order chi connectivity index (χ1) is 6.54. The van der Waals surface area contributed by atoms with Crippen LogP contribution in [-0.4, -0.2) is 13.1 Å². The van der Waals surface area contributed by atoms with E-state index in [1.54, 1.807) is 6.07 Å². The van der Waals surface area contributed by atoms with Crippen LogP contribution in [0.5, 0.6) is 0 Å². The Balaban J connectivity index is 3.13. The van der Waals surface area contributed by atoms with Gasteiger partial charge in [-0.3, -0.25) is 0 Å². The molecule has 1 aromatic carbocycles. The molecule has 0 aliphatic carbocycles. The molecule has 0 radical (unpaired) electrons. The van der Waals surface area contributed by atoms with Gasteiger partial charge >= 0.3 is 5.97 Å². The fourth-order valence-corrected chi connectivity index (χ4v) is 1.18. The number of ether oxygens (including phenoxy) is 1. The van der Waals surface area contributed by atoms with Crippen LogP contribution in [0.1, 0.15) is 35.7 Å². The zero-order valence-electron chi connectivity index (χ0n) is 8.50. The highest BCUT2D eigenvalue weighted by Gasteiger charge is 2.10. The largest absolute Gasteiger partial charge is 0.465 e. The van der Waals surface area contributed by atoms with Crippen molar-refractivity contribution in [2.24, 2.45) is 0 Å². The molecular formula is C11H13FO2. The Hall–Kier alpha value is -1.38. The summed E-state index contributed by atoms with van der Waals surface area (Å²) in [5.41, 5.74) is 1.06. The highest BCUT2D eigenvalue weighted by atomic mass is 19.1. The van der Waals surface area contributed by atoms with Crippen molar-refractivity contribution in [1.29, 1.82) is 0 Å². The van der Waals surface area contributed by atoms with Crippen LogP contribution in [0.3, 0.4) is 0 Å². The van der Waals surface area contributed by atoms with Crippen molar-refractivity contribution in [3.05, 3.63) is 35.1 Å². The first kappa shape index (κ1) is 10.7. The molecule has 0 saturated heterocycles. The molecule has 0 saturated carbocycles. The van der Waals surface area contributed by atoms with Gasteiger partial charge in [-0.05, 0) is 29.7 Å². The van der Waals surface area contributed by atoms with Crippen LogP contribution in [0.2, 0.25) is 0 Å². The highest BCUT2D eigenvalue weighted by Crippen LogP contribution is 2.18. The standard InChI is InChI=1S/C11H13FO2/c1-7(2)8-4-9(11(13)14-3)6-10(12)5-8/h4-7H,1-3H3. The number of hydrogen-bond donors (Lipinski definition) is 0. The van der Waals surface area contributed by atoms with Crippen LogP contribution in [-0.2, 0) is 4.74 Å². The van der Waals surface area contributed by atoms with Crippen LogP contribution >= 0.6 is 0 Å². The second-order valence-corrected chi connectivity index (χ2v) is 3.42. The molecule has 0 unspecified atom stereocenters. The number of halogens is 1. The Morgan fingerprint density at radius 3 is 2.50 bits per heavy atom. The number of carbonyl (C=O) groups is 1. The first-order valence-electron chi connectivity index (χ1n) is 4.43. The smallest absolute Gasteiger partial charge is 0.337 e. The Labute approximate surface area is 82.7 Å². The summed E-state index contributed by atoms with van der Waals surface area (Å²) < 4.78 is 17.6. The van der Waals surface area contributed by atoms with E-state index in [-0.39, 0.29) is 11.5 Å². The second-order valence-electron chi connectivity index (χ2n) is 3.42. The summed E-state index contributed by atoms with van der Waals surface area (Å²) in [4.78, 5) is 11.2. The SMILES string of the molecule is COC(=O)c1cc(F)cc(C(C)C)c1. The molecule has 3 heteroatoms. The van der Waals surface area contributed by atoms with E-state index in [0.717, 1.165) is 5.56 Å². The number of methoxy groups -OCH3 is 1. The molecule has 0 fully saturated rings. The van der Waals surface area contributed by atoms with Crippen LogP contribution < -0.4 is 0 Å². The molecule has 0 aromatic heterocycles. The number of benzene rings is 1. The van der Waals surface area contributed by atoms with E-state index in [0.29, 0.717) is 0 Å². The van der Waals surface area contributed by atoms with Crippen molar-refractivity contribution in [3.8, 4) is 0 Å². The van der Waals surface area contributed by atoms with Crippen molar-refractivity contribution >= 4 is 5.97 Å². The van der Waals surface area contributed by atoms with Gasteiger partial charge in [-0.25, -0.2) is 9.18 Å². The lowest BCUT2D eigenvalue weighted by atomic mass is 10.0. The molecule has 0 aliphatic heterocycles. The monoisotopic (exact) mass is 196 g/mol. The van der Waals surface area contributed by atoms with Gasteiger partial charge in [0.15, 0.2) is 0 Å². The average Bonchev–Trinajstić information content (AvgIpc) is 2.15. The summed E-state index contributed by atoms with van der Waals surface area (Å²) in [7, 11) is 1.28. The predicted molar refractivity (Wildman–Crippen MR) is 51.8 cm³/mol. The van der Waals surface area contributed by atoms with E-state index in [2.05, 4.69) is 4.74 Å². The van der Waals surface area contributed by atoms with Gasteiger partial charge in [-0.2, -0.15) is 0 Å². The lowest BCUT2D eigenvalue weighted by molar-refractivity contribution is 0.0600. The highest BCUT2D eigenvalue weighted by molar-refractivity contribution is 5.89. The van der Waals surface area contributed by atoms with Gasteiger partial charge in [-0.15, -0.1) is 0 Å². The summed E-state index contributed by atoms with van der Waals surface area (Å²) >= 11 is 0. The van der Waals surface area contributed by atoms with Gasteiger partial charge in [0.05, 0.1) is 12.7 Å². The van der Waals surface area contributed by atoms with Crippen LogP contribution in [0, 0.1) is 5.82 Å². The maximum Gasteiger partial charge on any atom is 0.337 e. The summed E-state index contributed by atoms with van der Waals surface area (Å²) in [6, 6.07) is 4.26. The zero-order chi connectivity index (χ0) is 10.7. The molecule has 0 spiro atoms. The zero-order valence-corrected chi connectivity index (χ0v) is 8.50. The molecule has 0 N–H and O–H groups in total. The normalized spacial score (nSPS) is 10.4. The maximum absolute atomic E-state index is 13.1. The van der Waals surface area contributed by atoms with E-state index in [1.165, 1.54) is 19.2 Å². The van der Waals surface area contributed by atoms with Crippen LogP contribution in [0.15, 0.2) is 18.2 Å². The third-order valence-electron chi connectivity index (χ3n) is 2.01. The predicted octanol–water partition coefficient (Wildman–Crippen LogP) is 2.74. The van der Waals surface area contributed by atoms with Crippen molar-refractivity contribution in [1.82, 2.24) is 0 Å². The van der Waals surface area contributed by atoms with Crippen LogP contribution in [0.4, 0.5) is 4.39 Å². The molecule has 0 aliphatic rings. The van der Waals surface area contributed by atoms with Crippen molar-refractivity contribution < 1.29 is 13.9 Å². The Kier molecular flexibility index (Phi) is 3.23. The fraction of sp³-hybridized carbons (Fsp3) is 0.364. The third-order valence-corrected chi connectivity index (χ3v) is 2.01. The minimum Gasteiger partial charge on any atom is -0.465 e. The van der Waals surface area contributed by atoms with Crippen molar-refractivity contribution in [2.75, 3.05) is 7.11 Å². The number of carbonyl (C=O) groups excluding carboxylic acids is 1. The van der Waals surface area contributed by atoms with Crippen LogP contribution in [0.25, 0.3) is 0 Å². The quantitative estimate of drug-likeness (QED) is 0.680. The van der Waals surface area contributed by atoms with E-state index < -0.39 is 11.8 Å². The van der Waals surface area contributed by atoms with E-state index in [4.69, 9.17) is 0 Å².